The summed E-state index contributed by atoms with van der Waals surface area (Å²) >= 11 is 0. The van der Waals surface area contributed by atoms with Gasteiger partial charge >= 0.3 is 5.97 Å². The molecule has 0 amide bonds. The fourth-order valence-electron chi connectivity index (χ4n) is 2.20. The Balaban J connectivity index is 2.41. The largest absolute Gasteiger partial charge is 0.481 e. The Labute approximate surface area is 105 Å². The molecule has 0 fully saturated rings. The molecule has 2 unspecified atom stereocenters. The van der Waals surface area contributed by atoms with Gasteiger partial charge in [0.15, 0.2) is 0 Å². The Kier molecular flexibility index (Phi) is 3.34. The van der Waals surface area contributed by atoms with Gasteiger partial charge in [-0.15, -0.1) is 0 Å². The van der Waals surface area contributed by atoms with E-state index < -0.39 is 11.9 Å². The number of aromatic nitrogens is 2. The summed E-state index contributed by atoms with van der Waals surface area (Å²) in [5, 5.41) is 12.2. The number of nitrogens with one attached hydrogen (secondary N) is 2. The molecule has 1 aromatic carbocycles. The summed E-state index contributed by atoms with van der Waals surface area (Å²) in [6.07, 6.45) is 0. The lowest BCUT2D eigenvalue weighted by molar-refractivity contribution is -0.142. The maximum atomic E-state index is 11.1. The van der Waals surface area contributed by atoms with E-state index in [2.05, 4.69) is 15.3 Å². The Morgan fingerprint density at radius 1 is 1.50 bits per heavy atom. The van der Waals surface area contributed by atoms with Gasteiger partial charge in [-0.25, -0.2) is 4.98 Å². The topological polar surface area (TPSA) is 78.0 Å². The van der Waals surface area contributed by atoms with Crippen molar-refractivity contribution in [1.29, 1.82) is 0 Å². The molecule has 0 radical (unpaired) electrons. The molecular weight excluding hydrogens is 230 g/mol. The molecule has 1 aromatic heterocycles. The number of fused-ring (bicyclic) bond motifs is 1. The minimum atomic E-state index is -0.810. The van der Waals surface area contributed by atoms with Crippen molar-refractivity contribution in [2.45, 2.75) is 19.9 Å². The van der Waals surface area contributed by atoms with Crippen molar-refractivity contribution in [3.63, 3.8) is 0 Å². The van der Waals surface area contributed by atoms with E-state index in [1.807, 2.05) is 25.1 Å². The van der Waals surface area contributed by atoms with Crippen LogP contribution in [-0.4, -0.2) is 28.1 Å². The molecule has 2 atom stereocenters. The second kappa shape index (κ2) is 4.78. The fraction of sp³-hybridized carbons (Fsp3) is 0.385. The third kappa shape index (κ3) is 2.22. The molecule has 0 aliphatic rings. The van der Waals surface area contributed by atoms with Crippen molar-refractivity contribution in [2.24, 2.45) is 5.92 Å². The molecule has 18 heavy (non-hydrogen) atoms. The van der Waals surface area contributed by atoms with Gasteiger partial charge in [-0.2, -0.15) is 0 Å². The SMILES string of the molecule is CNC(c1ccc2nc(C)[nH]c2c1)C(C)C(=O)O. The summed E-state index contributed by atoms with van der Waals surface area (Å²) in [7, 11) is 1.77. The first-order valence-corrected chi connectivity index (χ1v) is 5.89. The summed E-state index contributed by atoms with van der Waals surface area (Å²) in [5.74, 6) is -0.443. The third-order valence-corrected chi connectivity index (χ3v) is 3.18. The average Bonchev–Trinajstić information content (AvgIpc) is 2.69. The predicted octanol–water partition coefficient (Wildman–Crippen LogP) is 1.85. The van der Waals surface area contributed by atoms with Crippen LogP contribution < -0.4 is 5.32 Å². The van der Waals surface area contributed by atoms with E-state index in [9.17, 15) is 4.79 Å². The zero-order valence-electron chi connectivity index (χ0n) is 10.7. The van der Waals surface area contributed by atoms with Gasteiger partial charge in [-0.05, 0) is 31.7 Å². The van der Waals surface area contributed by atoms with E-state index in [0.717, 1.165) is 22.4 Å². The van der Waals surface area contributed by atoms with Crippen LogP contribution in [0.25, 0.3) is 11.0 Å². The van der Waals surface area contributed by atoms with Crippen LogP contribution in [0.1, 0.15) is 24.4 Å². The fourth-order valence-corrected chi connectivity index (χ4v) is 2.20. The molecule has 2 aromatic rings. The lowest BCUT2D eigenvalue weighted by Gasteiger charge is -2.20. The molecule has 0 spiro atoms. The predicted molar refractivity (Wildman–Crippen MR) is 69.4 cm³/mol. The van der Waals surface area contributed by atoms with Crippen molar-refractivity contribution >= 4 is 17.0 Å². The lowest BCUT2D eigenvalue weighted by atomic mass is 9.94. The zero-order valence-corrected chi connectivity index (χ0v) is 10.7. The van der Waals surface area contributed by atoms with Gasteiger partial charge in [-0.3, -0.25) is 4.79 Å². The molecule has 0 bridgehead atoms. The number of imidazole rings is 1. The number of benzene rings is 1. The molecule has 0 aliphatic heterocycles. The molecule has 2 rings (SSSR count). The number of hydrogen-bond donors (Lipinski definition) is 3. The van der Waals surface area contributed by atoms with E-state index in [1.165, 1.54) is 0 Å². The minimum absolute atomic E-state index is 0.212. The Hall–Kier alpha value is -1.88. The highest BCUT2D eigenvalue weighted by atomic mass is 16.4. The van der Waals surface area contributed by atoms with Crippen molar-refractivity contribution in [2.75, 3.05) is 7.05 Å². The number of carboxylic acid groups (broad SMARTS) is 1. The van der Waals surface area contributed by atoms with Crippen LogP contribution in [0.2, 0.25) is 0 Å². The summed E-state index contributed by atoms with van der Waals surface area (Å²) in [5.41, 5.74) is 2.78. The number of aromatic amines is 1. The van der Waals surface area contributed by atoms with Crippen molar-refractivity contribution < 1.29 is 9.90 Å². The summed E-state index contributed by atoms with van der Waals surface area (Å²) in [4.78, 5) is 18.6. The summed E-state index contributed by atoms with van der Waals surface area (Å²) < 4.78 is 0. The van der Waals surface area contributed by atoms with E-state index in [0.29, 0.717) is 0 Å². The molecular formula is C13H17N3O2. The maximum absolute atomic E-state index is 11.1. The van der Waals surface area contributed by atoms with Gasteiger partial charge in [-0.1, -0.05) is 13.0 Å². The van der Waals surface area contributed by atoms with E-state index in [1.54, 1.807) is 14.0 Å². The minimum Gasteiger partial charge on any atom is -0.481 e. The average molecular weight is 247 g/mol. The van der Waals surface area contributed by atoms with Gasteiger partial charge in [0, 0.05) is 6.04 Å². The third-order valence-electron chi connectivity index (χ3n) is 3.18. The maximum Gasteiger partial charge on any atom is 0.308 e. The first-order chi connectivity index (χ1) is 8.52. The summed E-state index contributed by atoms with van der Waals surface area (Å²) in [6, 6.07) is 5.57. The Morgan fingerprint density at radius 3 is 2.83 bits per heavy atom. The van der Waals surface area contributed by atoms with Gasteiger partial charge in [0.25, 0.3) is 0 Å². The number of H-pyrrole nitrogens is 1. The quantitative estimate of drug-likeness (QED) is 0.770. The second-order valence-corrected chi connectivity index (χ2v) is 4.49. The molecule has 3 N–H and O–H groups in total. The first-order valence-electron chi connectivity index (χ1n) is 5.89. The number of nitrogens with zero attached hydrogens (tertiary/aromatic N) is 1. The molecule has 0 saturated carbocycles. The highest BCUT2D eigenvalue weighted by Gasteiger charge is 2.23. The van der Waals surface area contributed by atoms with E-state index >= 15 is 0 Å². The molecule has 0 saturated heterocycles. The molecule has 1 heterocycles. The van der Waals surface area contributed by atoms with Gasteiger partial charge < -0.3 is 15.4 Å². The van der Waals surface area contributed by atoms with E-state index in [-0.39, 0.29) is 6.04 Å². The van der Waals surface area contributed by atoms with Crippen molar-refractivity contribution in [3.05, 3.63) is 29.6 Å². The zero-order chi connectivity index (χ0) is 13.3. The normalized spacial score (nSPS) is 14.6. The van der Waals surface area contributed by atoms with Crippen molar-refractivity contribution in [1.82, 2.24) is 15.3 Å². The lowest BCUT2D eigenvalue weighted by Crippen LogP contribution is -2.28. The van der Waals surface area contributed by atoms with Crippen LogP contribution in [0, 0.1) is 12.8 Å². The van der Waals surface area contributed by atoms with Crippen LogP contribution in [0.3, 0.4) is 0 Å². The van der Waals surface area contributed by atoms with E-state index in [4.69, 9.17) is 5.11 Å². The van der Waals surface area contributed by atoms with Crippen molar-refractivity contribution in [3.8, 4) is 0 Å². The molecule has 0 aliphatic carbocycles. The number of carbonyl (C=O) groups is 1. The highest BCUT2D eigenvalue weighted by molar-refractivity contribution is 5.77. The highest BCUT2D eigenvalue weighted by Crippen LogP contribution is 2.24. The number of hydrogen-bond acceptors (Lipinski definition) is 3. The van der Waals surface area contributed by atoms with Crippen LogP contribution in [-0.2, 0) is 4.79 Å². The summed E-state index contributed by atoms with van der Waals surface area (Å²) in [6.45, 7) is 3.60. The van der Waals surface area contributed by atoms with Crippen LogP contribution in [0.15, 0.2) is 18.2 Å². The molecule has 96 valence electrons. The number of carboxylic acids is 1. The molecule has 5 heteroatoms. The number of aliphatic carboxylic acids is 1. The van der Waals surface area contributed by atoms with Gasteiger partial charge in [0.2, 0.25) is 0 Å². The standard InChI is InChI=1S/C13H17N3O2/c1-7(13(17)18)12(14-3)9-4-5-10-11(6-9)16-8(2)15-10/h4-7,12,14H,1-3H3,(H,15,16)(H,17,18). The Morgan fingerprint density at radius 2 is 2.22 bits per heavy atom. The van der Waals surface area contributed by atoms with Crippen LogP contribution in [0.4, 0.5) is 0 Å². The van der Waals surface area contributed by atoms with Gasteiger partial charge in [0.05, 0.1) is 17.0 Å². The smallest absolute Gasteiger partial charge is 0.308 e. The van der Waals surface area contributed by atoms with Crippen LogP contribution >= 0.6 is 0 Å². The monoisotopic (exact) mass is 247 g/mol. The second-order valence-electron chi connectivity index (χ2n) is 4.49. The molecule has 5 nitrogen and oxygen atoms in total. The van der Waals surface area contributed by atoms with Crippen LogP contribution in [0.5, 0.6) is 0 Å². The number of rotatable bonds is 4. The number of aryl methyl sites for hydroxylation is 1. The van der Waals surface area contributed by atoms with Gasteiger partial charge in [0.1, 0.15) is 5.82 Å². The Bertz CT molecular complexity index is 577. The first kappa shape index (κ1) is 12.6.